The van der Waals surface area contributed by atoms with Crippen LogP contribution in [0.2, 0.25) is 0 Å². The van der Waals surface area contributed by atoms with E-state index in [0.29, 0.717) is 18.5 Å². The van der Waals surface area contributed by atoms with Gasteiger partial charge < -0.3 is 10.0 Å². The third kappa shape index (κ3) is 5.57. The molecule has 0 unspecified atom stereocenters. The topological polar surface area (TPSA) is 40.5 Å². The molecule has 0 heterocycles. The van der Waals surface area contributed by atoms with Crippen LogP contribution in [0.4, 0.5) is 4.39 Å². The van der Waals surface area contributed by atoms with Crippen molar-refractivity contribution in [3.63, 3.8) is 0 Å². The molecule has 0 radical (unpaired) electrons. The van der Waals surface area contributed by atoms with Crippen LogP contribution in [-0.2, 0) is 0 Å². The summed E-state index contributed by atoms with van der Waals surface area (Å²) < 4.78 is 13.4. The smallest absolute Gasteiger partial charge is 0.254 e. The van der Waals surface area contributed by atoms with Gasteiger partial charge in [-0.1, -0.05) is 32.6 Å². The number of carbonyl (C=O) groups excluding carboxylic acids is 1. The summed E-state index contributed by atoms with van der Waals surface area (Å²) in [5.74, 6) is 4.86. The SMILES string of the molecule is CN(CC(C)(C)C)C(=O)c1cc(F)ccc1C#CCCO. The molecule has 1 rings (SSSR count). The highest BCUT2D eigenvalue weighted by molar-refractivity contribution is 5.96. The quantitative estimate of drug-likeness (QED) is 0.870. The molecule has 0 spiro atoms. The van der Waals surface area contributed by atoms with Crippen molar-refractivity contribution >= 4 is 5.91 Å². The van der Waals surface area contributed by atoms with E-state index >= 15 is 0 Å². The summed E-state index contributed by atoms with van der Waals surface area (Å²) in [6.45, 7) is 6.62. The molecule has 3 nitrogen and oxygen atoms in total. The average Bonchev–Trinajstić information content (AvgIpc) is 2.37. The van der Waals surface area contributed by atoms with E-state index in [1.807, 2.05) is 20.8 Å². The number of hydrogen-bond donors (Lipinski definition) is 1. The van der Waals surface area contributed by atoms with Gasteiger partial charge in [0.1, 0.15) is 5.82 Å². The summed E-state index contributed by atoms with van der Waals surface area (Å²) in [7, 11) is 1.70. The van der Waals surface area contributed by atoms with E-state index in [-0.39, 0.29) is 23.5 Å². The molecule has 0 aliphatic heterocycles. The Morgan fingerprint density at radius 3 is 2.62 bits per heavy atom. The number of rotatable bonds is 3. The van der Waals surface area contributed by atoms with E-state index in [4.69, 9.17) is 5.11 Å². The van der Waals surface area contributed by atoms with Crippen LogP contribution in [0.5, 0.6) is 0 Å². The van der Waals surface area contributed by atoms with Gasteiger partial charge in [0.25, 0.3) is 5.91 Å². The molecule has 0 fully saturated rings. The first-order chi connectivity index (χ1) is 9.74. The van der Waals surface area contributed by atoms with Crippen LogP contribution in [0.15, 0.2) is 18.2 Å². The third-order valence-electron chi connectivity index (χ3n) is 2.73. The lowest BCUT2D eigenvalue weighted by Crippen LogP contribution is -2.34. The second kappa shape index (κ2) is 7.24. The first-order valence-electron chi connectivity index (χ1n) is 6.89. The van der Waals surface area contributed by atoms with Gasteiger partial charge in [0, 0.05) is 25.6 Å². The first-order valence-corrected chi connectivity index (χ1v) is 6.89. The molecule has 0 saturated heterocycles. The molecule has 0 saturated carbocycles. The molecule has 1 N–H and O–H groups in total. The largest absolute Gasteiger partial charge is 0.395 e. The third-order valence-corrected chi connectivity index (χ3v) is 2.73. The summed E-state index contributed by atoms with van der Waals surface area (Å²) in [6.07, 6.45) is 0.322. The Labute approximate surface area is 125 Å². The fourth-order valence-electron chi connectivity index (χ4n) is 2.00. The number of aliphatic hydroxyl groups is 1. The van der Waals surface area contributed by atoms with Crippen LogP contribution in [0.25, 0.3) is 0 Å². The summed E-state index contributed by atoms with van der Waals surface area (Å²) >= 11 is 0. The van der Waals surface area contributed by atoms with Gasteiger partial charge in [0.2, 0.25) is 0 Å². The lowest BCUT2D eigenvalue weighted by atomic mass is 9.95. The Morgan fingerprint density at radius 2 is 2.05 bits per heavy atom. The molecule has 0 aliphatic carbocycles. The van der Waals surface area contributed by atoms with E-state index < -0.39 is 5.82 Å². The molecular formula is C17H22FNO2. The van der Waals surface area contributed by atoms with Crippen molar-refractivity contribution in [2.75, 3.05) is 20.2 Å². The molecule has 1 amide bonds. The predicted octanol–water partition coefficient (Wildman–Crippen LogP) is 2.68. The summed E-state index contributed by atoms with van der Waals surface area (Å²) in [5, 5.41) is 8.75. The van der Waals surface area contributed by atoms with E-state index in [0.717, 1.165) is 0 Å². The van der Waals surface area contributed by atoms with Crippen LogP contribution in [0.3, 0.4) is 0 Å². The Kier molecular flexibility index (Phi) is 5.92. The van der Waals surface area contributed by atoms with Gasteiger partial charge in [-0.05, 0) is 23.6 Å². The number of aliphatic hydroxyl groups excluding tert-OH is 1. The summed E-state index contributed by atoms with van der Waals surface area (Å²) in [5.41, 5.74) is 0.697. The van der Waals surface area contributed by atoms with Crippen molar-refractivity contribution in [1.82, 2.24) is 4.90 Å². The zero-order chi connectivity index (χ0) is 16.0. The van der Waals surface area contributed by atoms with Gasteiger partial charge in [0.05, 0.1) is 12.2 Å². The van der Waals surface area contributed by atoms with Crippen LogP contribution in [0, 0.1) is 23.1 Å². The van der Waals surface area contributed by atoms with Crippen LogP contribution >= 0.6 is 0 Å². The minimum absolute atomic E-state index is 0.0403. The zero-order valence-electron chi connectivity index (χ0n) is 13.0. The number of nitrogens with zero attached hydrogens (tertiary/aromatic N) is 1. The van der Waals surface area contributed by atoms with Gasteiger partial charge in [-0.2, -0.15) is 0 Å². The standard InChI is InChI=1S/C17H22FNO2/c1-17(2,3)12-19(4)16(21)15-11-14(18)9-8-13(15)7-5-6-10-20/h8-9,11,20H,6,10,12H2,1-4H3. The van der Waals surface area contributed by atoms with Crippen molar-refractivity contribution in [2.24, 2.45) is 5.41 Å². The minimum atomic E-state index is -0.463. The molecule has 1 aromatic rings. The van der Waals surface area contributed by atoms with Crippen molar-refractivity contribution in [3.05, 3.63) is 35.1 Å². The number of halogens is 1. The fourth-order valence-corrected chi connectivity index (χ4v) is 2.00. The first kappa shape index (κ1) is 17.2. The van der Waals surface area contributed by atoms with Crippen LogP contribution in [0.1, 0.15) is 43.1 Å². The molecule has 0 aliphatic rings. The van der Waals surface area contributed by atoms with Gasteiger partial charge in [0.15, 0.2) is 0 Å². The molecular weight excluding hydrogens is 269 g/mol. The van der Waals surface area contributed by atoms with E-state index in [9.17, 15) is 9.18 Å². The zero-order valence-corrected chi connectivity index (χ0v) is 13.0. The van der Waals surface area contributed by atoms with Gasteiger partial charge >= 0.3 is 0 Å². The second-order valence-corrected chi connectivity index (χ2v) is 6.19. The fraction of sp³-hybridized carbons (Fsp3) is 0.471. The molecule has 0 bridgehead atoms. The maximum absolute atomic E-state index is 13.4. The van der Waals surface area contributed by atoms with E-state index in [1.54, 1.807) is 11.9 Å². The van der Waals surface area contributed by atoms with Crippen LogP contribution < -0.4 is 0 Å². The summed E-state index contributed by atoms with van der Waals surface area (Å²) in [4.78, 5) is 14.0. The average molecular weight is 291 g/mol. The monoisotopic (exact) mass is 291 g/mol. The molecule has 114 valence electrons. The lowest BCUT2D eigenvalue weighted by Gasteiger charge is -2.27. The highest BCUT2D eigenvalue weighted by Crippen LogP contribution is 2.18. The highest BCUT2D eigenvalue weighted by Gasteiger charge is 2.21. The number of amides is 1. The van der Waals surface area contributed by atoms with Crippen molar-refractivity contribution in [3.8, 4) is 11.8 Å². The lowest BCUT2D eigenvalue weighted by molar-refractivity contribution is 0.0745. The molecule has 0 atom stereocenters. The Balaban J connectivity index is 3.08. The van der Waals surface area contributed by atoms with Crippen molar-refractivity contribution in [2.45, 2.75) is 27.2 Å². The van der Waals surface area contributed by atoms with Gasteiger partial charge in [-0.25, -0.2) is 4.39 Å². The number of carbonyl (C=O) groups is 1. The Hall–Kier alpha value is -1.86. The Bertz CT molecular complexity index is 564. The predicted molar refractivity (Wildman–Crippen MR) is 81.4 cm³/mol. The van der Waals surface area contributed by atoms with Gasteiger partial charge in [-0.15, -0.1) is 0 Å². The minimum Gasteiger partial charge on any atom is -0.395 e. The molecule has 4 heteroatoms. The number of benzene rings is 1. The summed E-state index contributed by atoms with van der Waals surface area (Å²) in [6, 6.07) is 3.99. The number of hydrogen-bond acceptors (Lipinski definition) is 2. The van der Waals surface area contributed by atoms with Crippen molar-refractivity contribution < 1.29 is 14.3 Å². The van der Waals surface area contributed by atoms with E-state index in [1.165, 1.54) is 18.2 Å². The maximum atomic E-state index is 13.4. The highest BCUT2D eigenvalue weighted by atomic mass is 19.1. The maximum Gasteiger partial charge on any atom is 0.254 e. The van der Waals surface area contributed by atoms with Crippen LogP contribution in [-0.4, -0.2) is 36.1 Å². The Morgan fingerprint density at radius 1 is 1.38 bits per heavy atom. The van der Waals surface area contributed by atoms with E-state index in [2.05, 4.69) is 11.8 Å². The van der Waals surface area contributed by atoms with Gasteiger partial charge in [-0.3, -0.25) is 4.79 Å². The second-order valence-electron chi connectivity index (χ2n) is 6.19. The normalized spacial score (nSPS) is 10.8. The molecule has 0 aromatic heterocycles. The molecule has 1 aromatic carbocycles. The van der Waals surface area contributed by atoms with Crippen molar-refractivity contribution in [1.29, 1.82) is 0 Å². The molecule has 21 heavy (non-hydrogen) atoms.